The van der Waals surface area contributed by atoms with Gasteiger partial charge in [0.25, 0.3) is 5.89 Å². The highest BCUT2D eigenvalue weighted by Gasteiger charge is 2.25. The van der Waals surface area contributed by atoms with Crippen molar-refractivity contribution in [1.82, 2.24) is 30.1 Å². The molecule has 1 aliphatic heterocycles. The van der Waals surface area contributed by atoms with E-state index in [0.29, 0.717) is 17.4 Å². The molecule has 1 saturated heterocycles. The van der Waals surface area contributed by atoms with Crippen LogP contribution in [0.15, 0.2) is 47.1 Å². The Morgan fingerprint density at radius 3 is 2.83 bits per heavy atom. The Hall–Kier alpha value is -2.22. The molecule has 3 heterocycles. The highest BCUT2D eigenvalue weighted by Crippen LogP contribution is 2.22. The maximum atomic E-state index is 5.41. The Balaban J connectivity index is 0.00000169. The highest BCUT2D eigenvalue weighted by molar-refractivity contribution is 5.85. The Kier molecular flexibility index (Phi) is 4.94. The normalized spacial score (nSPS) is 18.3. The van der Waals surface area contributed by atoms with Gasteiger partial charge in [-0.05, 0) is 25.2 Å². The standard InChI is InChI=1S/C16H18N6O.ClH/c1-21-10-8-17-11-14(21)15-18-16(23-20-15)13-7-9-22(19-13)12-5-3-2-4-6-12;/h2-7,9,14,17H,8,10-11H2,1H3;1H. The second-order valence-corrected chi connectivity index (χ2v) is 5.64. The van der Waals surface area contributed by atoms with Crippen molar-refractivity contribution in [2.24, 2.45) is 0 Å². The van der Waals surface area contributed by atoms with Gasteiger partial charge in [0.15, 0.2) is 11.5 Å². The Morgan fingerprint density at radius 2 is 2.04 bits per heavy atom. The van der Waals surface area contributed by atoms with Crippen LogP contribution in [0.2, 0.25) is 0 Å². The number of aromatic nitrogens is 4. The van der Waals surface area contributed by atoms with Gasteiger partial charge in [-0.2, -0.15) is 10.1 Å². The van der Waals surface area contributed by atoms with Crippen molar-refractivity contribution in [3.05, 3.63) is 48.4 Å². The van der Waals surface area contributed by atoms with Gasteiger partial charge in [-0.25, -0.2) is 4.68 Å². The number of piperazine rings is 1. The first-order valence-corrected chi connectivity index (χ1v) is 7.67. The average Bonchev–Trinajstić information content (AvgIpc) is 3.25. The van der Waals surface area contributed by atoms with Crippen LogP contribution in [-0.2, 0) is 0 Å². The van der Waals surface area contributed by atoms with Crippen LogP contribution in [0.5, 0.6) is 0 Å². The molecule has 1 unspecified atom stereocenters. The summed E-state index contributed by atoms with van der Waals surface area (Å²) >= 11 is 0. The van der Waals surface area contributed by atoms with Crippen LogP contribution >= 0.6 is 12.4 Å². The van der Waals surface area contributed by atoms with E-state index >= 15 is 0 Å². The zero-order valence-electron chi connectivity index (χ0n) is 13.3. The van der Waals surface area contributed by atoms with E-state index in [-0.39, 0.29) is 18.4 Å². The number of halogens is 1. The molecule has 126 valence electrons. The maximum Gasteiger partial charge on any atom is 0.278 e. The van der Waals surface area contributed by atoms with E-state index in [9.17, 15) is 0 Å². The topological polar surface area (TPSA) is 72.0 Å². The van der Waals surface area contributed by atoms with Crippen molar-refractivity contribution in [3.63, 3.8) is 0 Å². The summed E-state index contributed by atoms with van der Waals surface area (Å²) in [5.74, 6) is 1.15. The zero-order valence-corrected chi connectivity index (χ0v) is 14.1. The minimum absolute atomic E-state index is 0. The summed E-state index contributed by atoms with van der Waals surface area (Å²) in [6, 6.07) is 12.0. The quantitative estimate of drug-likeness (QED) is 0.781. The van der Waals surface area contributed by atoms with Gasteiger partial charge < -0.3 is 9.84 Å². The van der Waals surface area contributed by atoms with Gasteiger partial charge >= 0.3 is 0 Å². The van der Waals surface area contributed by atoms with Crippen LogP contribution in [-0.4, -0.2) is 51.5 Å². The lowest BCUT2D eigenvalue weighted by Crippen LogP contribution is -2.44. The molecule has 0 saturated carbocycles. The Bertz CT molecular complexity index is 787. The predicted octanol–water partition coefficient (Wildman–Crippen LogP) is 1.92. The summed E-state index contributed by atoms with van der Waals surface area (Å²) in [5, 5.41) is 12.0. The van der Waals surface area contributed by atoms with Gasteiger partial charge in [0.05, 0.1) is 11.7 Å². The number of hydrogen-bond donors (Lipinski definition) is 1. The smallest absolute Gasteiger partial charge is 0.278 e. The number of benzene rings is 1. The van der Waals surface area contributed by atoms with Crippen molar-refractivity contribution < 1.29 is 4.52 Å². The maximum absolute atomic E-state index is 5.41. The number of nitrogens with one attached hydrogen (secondary N) is 1. The van der Waals surface area contributed by atoms with E-state index in [1.807, 2.05) is 42.6 Å². The van der Waals surface area contributed by atoms with Crippen molar-refractivity contribution in [2.75, 3.05) is 26.7 Å². The van der Waals surface area contributed by atoms with Gasteiger partial charge in [-0.1, -0.05) is 23.4 Å². The van der Waals surface area contributed by atoms with Gasteiger partial charge in [0, 0.05) is 25.8 Å². The molecule has 4 rings (SSSR count). The Labute approximate surface area is 146 Å². The fourth-order valence-electron chi connectivity index (χ4n) is 2.73. The molecule has 0 spiro atoms. The molecular formula is C16H19ClN6O. The van der Waals surface area contributed by atoms with Crippen LogP contribution in [0, 0.1) is 0 Å². The number of nitrogens with zero attached hydrogens (tertiary/aromatic N) is 5. The monoisotopic (exact) mass is 346 g/mol. The summed E-state index contributed by atoms with van der Waals surface area (Å²) in [7, 11) is 2.08. The third-order valence-electron chi connectivity index (χ3n) is 4.08. The molecule has 1 aliphatic rings. The van der Waals surface area contributed by atoms with Gasteiger partial charge in [0.1, 0.15) is 0 Å². The lowest BCUT2D eigenvalue weighted by molar-refractivity contribution is 0.190. The molecule has 1 aromatic carbocycles. The summed E-state index contributed by atoms with van der Waals surface area (Å²) in [4.78, 5) is 6.76. The second-order valence-electron chi connectivity index (χ2n) is 5.64. The van der Waals surface area contributed by atoms with E-state index in [2.05, 4.69) is 32.5 Å². The second kappa shape index (κ2) is 7.12. The van der Waals surface area contributed by atoms with E-state index in [1.54, 1.807) is 4.68 Å². The first-order valence-electron chi connectivity index (χ1n) is 7.67. The number of likely N-dealkylation sites (N-methyl/N-ethyl adjacent to an activating group) is 1. The number of rotatable bonds is 3. The molecule has 0 amide bonds. The average molecular weight is 347 g/mol. The largest absolute Gasteiger partial charge is 0.332 e. The van der Waals surface area contributed by atoms with Gasteiger partial charge in [0.2, 0.25) is 0 Å². The fourth-order valence-corrected chi connectivity index (χ4v) is 2.73. The summed E-state index contributed by atoms with van der Waals surface area (Å²) in [5.41, 5.74) is 1.67. The lowest BCUT2D eigenvalue weighted by Gasteiger charge is -2.30. The molecule has 8 heteroatoms. The van der Waals surface area contributed by atoms with Gasteiger partial charge in [-0.3, -0.25) is 4.90 Å². The molecule has 2 aromatic heterocycles. The molecule has 7 nitrogen and oxygen atoms in total. The van der Waals surface area contributed by atoms with Crippen LogP contribution in [0.3, 0.4) is 0 Å². The van der Waals surface area contributed by atoms with Crippen LogP contribution in [0.25, 0.3) is 17.3 Å². The first-order chi connectivity index (χ1) is 11.3. The van der Waals surface area contributed by atoms with Crippen LogP contribution in [0.4, 0.5) is 0 Å². The summed E-state index contributed by atoms with van der Waals surface area (Å²) in [6.45, 7) is 2.78. The molecule has 24 heavy (non-hydrogen) atoms. The predicted molar refractivity (Wildman–Crippen MR) is 92.3 cm³/mol. The van der Waals surface area contributed by atoms with E-state index in [0.717, 1.165) is 25.3 Å². The minimum Gasteiger partial charge on any atom is -0.332 e. The van der Waals surface area contributed by atoms with Crippen molar-refractivity contribution >= 4 is 12.4 Å². The fraction of sp³-hybridized carbons (Fsp3) is 0.312. The van der Waals surface area contributed by atoms with E-state index < -0.39 is 0 Å². The molecule has 3 aromatic rings. The van der Waals surface area contributed by atoms with Crippen LogP contribution < -0.4 is 5.32 Å². The lowest BCUT2D eigenvalue weighted by atomic mass is 10.2. The minimum atomic E-state index is 0. The van der Waals surface area contributed by atoms with E-state index in [1.165, 1.54) is 0 Å². The number of hydrogen-bond acceptors (Lipinski definition) is 6. The van der Waals surface area contributed by atoms with Gasteiger partial charge in [-0.15, -0.1) is 12.4 Å². The molecule has 1 atom stereocenters. The molecule has 1 fully saturated rings. The molecule has 0 bridgehead atoms. The van der Waals surface area contributed by atoms with Crippen molar-refractivity contribution in [1.29, 1.82) is 0 Å². The molecular weight excluding hydrogens is 328 g/mol. The summed E-state index contributed by atoms with van der Waals surface area (Å²) < 4.78 is 7.21. The third kappa shape index (κ3) is 3.19. The number of para-hydroxylation sites is 1. The summed E-state index contributed by atoms with van der Waals surface area (Å²) in [6.07, 6.45) is 1.89. The third-order valence-corrected chi connectivity index (χ3v) is 4.08. The first kappa shape index (κ1) is 16.6. The molecule has 1 N–H and O–H groups in total. The van der Waals surface area contributed by atoms with E-state index in [4.69, 9.17) is 4.52 Å². The SMILES string of the molecule is CN1CCNCC1c1noc(-c2ccn(-c3ccccc3)n2)n1.Cl. The van der Waals surface area contributed by atoms with Crippen LogP contribution in [0.1, 0.15) is 11.9 Å². The molecule has 0 radical (unpaired) electrons. The molecule has 0 aliphatic carbocycles. The highest BCUT2D eigenvalue weighted by atomic mass is 35.5. The van der Waals surface area contributed by atoms with Crippen molar-refractivity contribution in [3.8, 4) is 17.3 Å². The zero-order chi connectivity index (χ0) is 15.6. The van der Waals surface area contributed by atoms with Crippen molar-refractivity contribution in [2.45, 2.75) is 6.04 Å². The Morgan fingerprint density at radius 1 is 1.21 bits per heavy atom.